The first-order valence-electron chi connectivity index (χ1n) is 11.1. The summed E-state index contributed by atoms with van der Waals surface area (Å²) in [5.74, 6) is -1.50. The molecule has 39 heavy (non-hydrogen) atoms. The molecule has 0 saturated carbocycles. The van der Waals surface area contributed by atoms with Gasteiger partial charge in [-0.15, -0.1) is 0 Å². The highest BCUT2D eigenvalue weighted by Gasteiger charge is 2.36. The van der Waals surface area contributed by atoms with Crippen molar-refractivity contribution >= 4 is 52.0 Å². The number of thioether (sulfide) groups is 1. The Morgan fingerprint density at radius 1 is 1.00 bits per heavy atom. The zero-order chi connectivity index (χ0) is 28.1. The Morgan fingerprint density at radius 2 is 1.74 bits per heavy atom. The number of nitro benzene ring substituents is 2. The molecular formula is C25H18N4O9S. The highest BCUT2D eigenvalue weighted by Crippen LogP contribution is 2.42. The number of rotatable bonds is 9. The summed E-state index contributed by atoms with van der Waals surface area (Å²) >= 11 is 0.606. The molecular weight excluding hydrogens is 532 g/mol. The van der Waals surface area contributed by atoms with E-state index in [4.69, 9.17) is 9.47 Å². The minimum absolute atomic E-state index is 0.0242. The Morgan fingerprint density at radius 3 is 2.41 bits per heavy atom. The number of nitrogens with zero attached hydrogens (tertiary/aromatic N) is 3. The second-order valence-electron chi connectivity index (χ2n) is 7.83. The molecule has 13 nitrogen and oxygen atoms in total. The first-order chi connectivity index (χ1) is 18.7. The molecule has 3 aromatic rings. The standard InChI is InChI=1S/C25H18N4O9S/c1-37-20-9-5-6-15(23(20)38-19-11-10-17(28(33)34)13-18(19)29(35)36)12-21-24(31)27(25(32)39-21)14-22(30)26-16-7-3-2-4-8-16/h2-13H,14H2,1H3,(H,26,30)/b21-12+. The smallest absolute Gasteiger partial charge is 0.318 e. The van der Waals surface area contributed by atoms with Crippen LogP contribution in [0.2, 0.25) is 0 Å². The normalized spacial score (nSPS) is 13.9. The Balaban J connectivity index is 1.62. The van der Waals surface area contributed by atoms with Crippen LogP contribution in [0.5, 0.6) is 17.2 Å². The number of methoxy groups -OCH3 is 1. The summed E-state index contributed by atoms with van der Waals surface area (Å²) in [6.07, 6.45) is 1.33. The summed E-state index contributed by atoms with van der Waals surface area (Å²) in [5, 5.41) is 24.6. The number of anilines is 1. The van der Waals surface area contributed by atoms with E-state index in [9.17, 15) is 34.6 Å². The molecule has 1 fully saturated rings. The van der Waals surface area contributed by atoms with Gasteiger partial charge in [0.05, 0.1) is 27.9 Å². The number of carbonyl (C=O) groups is 3. The van der Waals surface area contributed by atoms with Gasteiger partial charge in [-0.3, -0.25) is 39.5 Å². The topological polar surface area (TPSA) is 171 Å². The van der Waals surface area contributed by atoms with Crippen LogP contribution in [0.1, 0.15) is 5.56 Å². The molecule has 3 aromatic carbocycles. The first-order valence-corrected chi connectivity index (χ1v) is 11.9. The van der Waals surface area contributed by atoms with E-state index in [0.29, 0.717) is 17.4 Å². The number of imide groups is 1. The lowest BCUT2D eigenvalue weighted by molar-refractivity contribution is -0.394. The van der Waals surface area contributed by atoms with Crippen molar-refractivity contribution in [3.8, 4) is 17.2 Å². The molecule has 1 saturated heterocycles. The zero-order valence-corrected chi connectivity index (χ0v) is 20.9. The number of nitrogens with one attached hydrogen (secondary N) is 1. The Hall–Kier alpha value is -5.24. The molecule has 198 valence electrons. The summed E-state index contributed by atoms with van der Waals surface area (Å²) in [6.45, 7) is -0.507. The second kappa shape index (κ2) is 11.4. The number of benzene rings is 3. The van der Waals surface area contributed by atoms with Gasteiger partial charge in [-0.2, -0.15) is 0 Å². The monoisotopic (exact) mass is 550 g/mol. The molecule has 0 aromatic heterocycles. The molecule has 3 amide bonds. The van der Waals surface area contributed by atoms with E-state index in [1.807, 2.05) is 0 Å². The lowest BCUT2D eigenvalue weighted by Crippen LogP contribution is -2.36. The highest BCUT2D eigenvalue weighted by atomic mass is 32.2. The van der Waals surface area contributed by atoms with E-state index in [1.165, 1.54) is 25.3 Å². The van der Waals surface area contributed by atoms with E-state index in [0.717, 1.165) is 23.1 Å². The van der Waals surface area contributed by atoms with Gasteiger partial charge in [0, 0.05) is 17.3 Å². The molecule has 0 aliphatic carbocycles. The lowest BCUT2D eigenvalue weighted by atomic mass is 10.1. The van der Waals surface area contributed by atoms with Gasteiger partial charge in [0.2, 0.25) is 11.7 Å². The van der Waals surface area contributed by atoms with Crippen LogP contribution in [-0.2, 0) is 9.59 Å². The average Bonchev–Trinajstić information content (AvgIpc) is 3.17. The Bertz CT molecular complexity index is 1530. The molecule has 1 aliphatic heterocycles. The van der Waals surface area contributed by atoms with Crippen LogP contribution < -0.4 is 14.8 Å². The van der Waals surface area contributed by atoms with Crippen molar-refractivity contribution in [1.29, 1.82) is 0 Å². The van der Waals surface area contributed by atoms with Crippen molar-refractivity contribution in [3.63, 3.8) is 0 Å². The largest absolute Gasteiger partial charge is 0.493 e. The Kier molecular flexibility index (Phi) is 7.86. The van der Waals surface area contributed by atoms with Crippen molar-refractivity contribution in [1.82, 2.24) is 4.90 Å². The Labute approximate surface area is 224 Å². The summed E-state index contributed by atoms with van der Waals surface area (Å²) in [5.41, 5.74) is -0.435. The molecule has 0 spiro atoms. The number of nitro groups is 2. The molecule has 0 bridgehead atoms. The van der Waals surface area contributed by atoms with Gasteiger partial charge in [0.25, 0.3) is 16.8 Å². The molecule has 0 radical (unpaired) electrons. The molecule has 1 aliphatic rings. The predicted molar refractivity (Wildman–Crippen MR) is 141 cm³/mol. The van der Waals surface area contributed by atoms with E-state index >= 15 is 0 Å². The van der Waals surface area contributed by atoms with Gasteiger partial charge < -0.3 is 14.8 Å². The van der Waals surface area contributed by atoms with Crippen molar-refractivity contribution < 1.29 is 33.7 Å². The number of hydrogen-bond donors (Lipinski definition) is 1. The SMILES string of the molecule is COc1cccc(/C=C2/SC(=O)N(CC(=O)Nc3ccccc3)C2=O)c1Oc1ccc([N+](=O)[O-])cc1[N+](=O)[O-]. The number of amides is 3. The van der Waals surface area contributed by atoms with Crippen molar-refractivity contribution in [3.05, 3.63) is 97.4 Å². The molecule has 0 atom stereocenters. The van der Waals surface area contributed by atoms with Crippen LogP contribution in [-0.4, -0.2) is 45.5 Å². The van der Waals surface area contributed by atoms with Gasteiger partial charge in [0.1, 0.15) is 6.54 Å². The van der Waals surface area contributed by atoms with Crippen LogP contribution in [0, 0.1) is 20.2 Å². The third kappa shape index (κ3) is 6.02. The molecule has 1 N–H and O–H groups in total. The van der Waals surface area contributed by atoms with Crippen LogP contribution in [0.3, 0.4) is 0 Å². The summed E-state index contributed by atoms with van der Waals surface area (Å²) < 4.78 is 11.1. The molecule has 1 heterocycles. The number of carbonyl (C=O) groups excluding carboxylic acids is 3. The minimum Gasteiger partial charge on any atom is -0.493 e. The van der Waals surface area contributed by atoms with E-state index in [2.05, 4.69) is 5.32 Å². The van der Waals surface area contributed by atoms with Gasteiger partial charge in [-0.25, -0.2) is 0 Å². The number of non-ortho nitro benzene ring substituents is 1. The summed E-state index contributed by atoms with van der Waals surface area (Å²) in [6, 6.07) is 16.0. The van der Waals surface area contributed by atoms with Gasteiger partial charge in [0.15, 0.2) is 11.5 Å². The fourth-order valence-electron chi connectivity index (χ4n) is 3.52. The lowest BCUT2D eigenvalue weighted by Gasteiger charge is -2.14. The second-order valence-corrected chi connectivity index (χ2v) is 8.82. The quantitative estimate of drug-likeness (QED) is 0.218. The van der Waals surface area contributed by atoms with Gasteiger partial charge in [-0.1, -0.05) is 30.3 Å². The highest BCUT2D eigenvalue weighted by molar-refractivity contribution is 8.18. The van der Waals surface area contributed by atoms with Crippen LogP contribution in [0.15, 0.2) is 71.6 Å². The fraction of sp³-hybridized carbons (Fsp3) is 0.0800. The molecule has 14 heteroatoms. The van der Waals surface area contributed by atoms with Crippen molar-refractivity contribution in [2.75, 3.05) is 19.0 Å². The summed E-state index contributed by atoms with van der Waals surface area (Å²) in [4.78, 5) is 59.7. The van der Waals surface area contributed by atoms with Crippen molar-refractivity contribution in [2.24, 2.45) is 0 Å². The van der Waals surface area contributed by atoms with Crippen LogP contribution in [0.25, 0.3) is 6.08 Å². The molecule has 0 unspecified atom stereocenters. The van der Waals surface area contributed by atoms with E-state index in [-0.39, 0.29) is 27.7 Å². The number of para-hydroxylation sites is 2. The maximum Gasteiger partial charge on any atom is 0.318 e. The van der Waals surface area contributed by atoms with E-state index in [1.54, 1.807) is 36.4 Å². The first kappa shape index (κ1) is 26.8. The third-order valence-corrected chi connectivity index (χ3v) is 6.22. The van der Waals surface area contributed by atoms with Gasteiger partial charge in [-0.05, 0) is 42.1 Å². The van der Waals surface area contributed by atoms with Crippen LogP contribution >= 0.6 is 11.8 Å². The van der Waals surface area contributed by atoms with Crippen LogP contribution in [0.4, 0.5) is 21.9 Å². The fourth-order valence-corrected chi connectivity index (χ4v) is 4.35. The third-order valence-electron chi connectivity index (χ3n) is 5.31. The zero-order valence-electron chi connectivity index (χ0n) is 20.1. The predicted octanol–water partition coefficient (Wildman–Crippen LogP) is 4.98. The molecule has 4 rings (SSSR count). The maximum absolute atomic E-state index is 13.0. The van der Waals surface area contributed by atoms with E-state index < -0.39 is 44.8 Å². The number of hydrogen-bond acceptors (Lipinski definition) is 10. The number of ether oxygens (including phenoxy) is 2. The average molecular weight is 551 g/mol. The van der Waals surface area contributed by atoms with Crippen molar-refractivity contribution in [2.45, 2.75) is 0 Å². The summed E-state index contributed by atoms with van der Waals surface area (Å²) in [7, 11) is 1.33. The minimum atomic E-state index is -0.830. The maximum atomic E-state index is 13.0. The van der Waals surface area contributed by atoms with Gasteiger partial charge >= 0.3 is 5.69 Å².